The normalized spacial score (nSPS) is 17.7. The number of rotatable bonds is 4. The van der Waals surface area contributed by atoms with Crippen LogP contribution in [-0.2, 0) is 24.3 Å². The van der Waals surface area contributed by atoms with E-state index < -0.39 is 12.1 Å². The summed E-state index contributed by atoms with van der Waals surface area (Å²) < 4.78 is 40.4. The second kappa shape index (κ2) is 7.31. The number of carbonyl (C=O) groups is 1. The summed E-state index contributed by atoms with van der Waals surface area (Å²) in [6.07, 6.45) is -2.24. The van der Waals surface area contributed by atoms with E-state index in [1.165, 1.54) is 4.57 Å². The first-order chi connectivity index (χ1) is 12.3. The van der Waals surface area contributed by atoms with Crippen LogP contribution in [0.1, 0.15) is 30.6 Å². The van der Waals surface area contributed by atoms with Gasteiger partial charge in [-0.2, -0.15) is 13.2 Å². The van der Waals surface area contributed by atoms with Gasteiger partial charge in [0, 0.05) is 18.5 Å². The van der Waals surface area contributed by atoms with Gasteiger partial charge in [0.25, 0.3) is 0 Å². The number of aryl methyl sites for hydroxylation is 1. The molecule has 8 heteroatoms. The van der Waals surface area contributed by atoms with E-state index in [0.717, 1.165) is 5.56 Å². The average molecular weight is 364 g/mol. The van der Waals surface area contributed by atoms with E-state index in [2.05, 4.69) is 15.5 Å². The molecular weight excluding hydrogens is 345 g/mol. The van der Waals surface area contributed by atoms with Crippen molar-refractivity contribution in [2.75, 3.05) is 0 Å². The lowest BCUT2D eigenvalue weighted by Gasteiger charge is -2.26. The highest BCUT2D eigenvalue weighted by molar-refractivity contribution is 5.97. The molecule has 0 fully saturated rings. The molecule has 138 valence electrons. The van der Waals surface area contributed by atoms with E-state index in [0.29, 0.717) is 17.2 Å². The SMILES string of the molecule is C/C(=C/c1ccccc1)C(=O)NCc1nnc2n1C[C@@H](C(F)(F)F)CC2. The molecule has 5 nitrogen and oxygen atoms in total. The van der Waals surface area contributed by atoms with Crippen molar-refractivity contribution in [2.24, 2.45) is 5.92 Å². The number of nitrogens with zero attached hydrogens (tertiary/aromatic N) is 3. The Hall–Kier alpha value is -2.64. The summed E-state index contributed by atoms with van der Waals surface area (Å²) in [5, 5.41) is 10.6. The molecule has 0 saturated carbocycles. The van der Waals surface area contributed by atoms with Gasteiger partial charge in [0.2, 0.25) is 5.91 Å². The standard InChI is InChI=1S/C18H19F3N4O/c1-12(9-13-5-3-2-4-6-13)17(26)22-10-16-24-23-15-8-7-14(11-25(15)16)18(19,20)21/h2-6,9,14H,7-8,10-11H2,1H3,(H,22,26)/b12-9-/t14-/m0/s1. The summed E-state index contributed by atoms with van der Waals surface area (Å²) in [4.78, 5) is 12.2. The average Bonchev–Trinajstić information content (AvgIpc) is 3.02. The van der Waals surface area contributed by atoms with Crippen molar-refractivity contribution in [3.05, 3.63) is 53.1 Å². The summed E-state index contributed by atoms with van der Waals surface area (Å²) in [6.45, 7) is 1.52. The molecule has 0 radical (unpaired) electrons. The van der Waals surface area contributed by atoms with Crippen molar-refractivity contribution in [3.8, 4) is 0 Å². The molecule has 0 unspecified atom stereocenters. The second-order valence-corrected chi connectivity index (χ2v) is 6.34. The molecule has 0 saturated heterocycles. The molecule has 1 atom stereocenters. The van der Waals surface area contributed by atoms with Gasteiger partial charge in [0.05, 0.1) is 12.5 Å². The third kappa shape index (κ3) is 4.12. The predicted octanol–water partition coefficient (Wildman–Crippen LogP) is 3.12. The lowest BCUT2D eigenvalue weighted by molar-refractivity contribution is -0.182. The Morgan fingerprint density at radius 2 is 2.04 bits per heavy atom. The molecule has 0 bridgehead atoms. The molecule has 3 rings (SSSR count). The minimum atomic E-state index is -4.24. The van der Waals surface area contributed by atoms with Gasteiger partial charge in [-0.15, -0.1) is 10.2 Å². The Balaban J connectivity index is 1.65. The Labute approximate surface area is 148 Å². The first kappa shape index (κ1) is 18.2. The fraction of sp³-hybridized carbons (Fsp3) is 0.389. The zero-order chi connectivity index (χ0) is 18.7. The van der Waals surface area contributed by atoms with Crippen LogP contribution in [0.5, 0.6) is 0 Å². The Kier molecular flexibility index (Phi) is 5.11. The van der Waals surface area contributed by atoms with Crippen LogP contribution in [0.4, 0.5) is 13.2 Å². The molecule has 0 aliphatic carbocycles. The highest BCUT2D eigenvalue weighted by atomic mass is 19.4. The minimum Gasteiger partial charge on any atom is -0.345 e. The molecule has 26 heavy (non-hydrogen) atoms. The highest BCUT2D eigenvalue weighted by Crippen LogP contribution is 2.34. The van der Waals surface area contributed by atoms with Crippen molar-refractivity contribution >= 4 is 12.0 Å². The van der Waals surface area contributed by atoms with Crippen LogP contribution in [0.3, 0.4) is 0 Å². The predicted molar refractivity (Wildman–Crippen MR) is 89.8 cm³/mol. The summed E-state index contributed by atoms with van der Waals surface area (Å²) in [7, 11) is 0. The number of benzene rings is 1. The van der Waals surface area contributed by atoms with Gasteiger partial charge in [-0.1, -0.05) is 30.3 Å². The second-order valence-electron chi connectivity index (χ2n) is 6.34. The summed E-state index contributed by atoms with van der Waals surface area (Å²) >= 11 is 0. The summed E-state index contributed by atoms with van der Waals surface area (Å²) in [5.74, 6) is -0.823. The molecular formula is C18H19F3N4O. The van der Waals surface area contributed by atoms with Crippen LogP contribution in [0, 0.1) is 5.92 Å². The molecule has 1 aromatic carbocycles. The molecule has 1 amide bonds. The monoisotopic (exact) mass is 364 g/mol. The molecule has 1 aliphatic heterocycles. The van der Waals surface area contributed by atoms with Crippen LogP contribution in [0.25, 0.3) is 6.08 Å². The maximum atomic E-state index is 13.0. The van der Waals surface area contributed by atoms with Crippen LogP contribution in [-0.4, -0.2) is 26.8 Å². The number of aromatic nitrogens is 3. The third-order valence-electron chi connectivity index (χ3n) is 4.43. The van der Waals surface area contributed by atoms with Crippen molar-refractivity contribution in [3.63, 3.8) is 0 Å². The number of carbonyl (C=O) groups excluding carboxylic acids is 1. The van der Waals surface area contributed by atoms with E-state index in [-0.39, 0.29) is 31.8 Å². The maximum Gasteiger partial charge on any atom is 0.393 e. The van der Waals surface area contributed by atoms with Crippen molar-refractivity contribution < 1.29 is 18.0 Å². The molecule has 1 aromatic heterocycles. The lowest BCUT2D eigenvalue weighted by atomic mass is 9.99. The van der Waals surface area contributed by atoms with E-state index >= 15 is 0 Å². The fourth-order valence-corrected chi connectivity index (χ4v) is 2.94. The zero-order valence-electron chi connectivity index (χ0n) is 14.3. The minimum absolute atomic E-state index is 0.0207. The summed E-state index contributed by atoms with van der Waals surface area (Å²) in [5.41, 5.74) is 1.40. The van der Waals surface area contributed by atoms with Crippen LogP contribution in [0.15, 0.2) is 35.9 Å². The number of alkyl halides is 3. The Morgan fingerprint density at radius 3 is 2.73 bits per heavy atom. The van der Waals surface area contributed by atoms with Crippen molar-refractivity contribution in [1.82, 2.24) is 20.1 Å². The molecule has 0 spiro atoms. The number of nitrogens with one attached hydrogen (secondary N) is 1. The van der Waals surface area contributed by atoms with Gasteiger partial charge >= 0.3 is 6.18 Å². The molecule has 1 aliphatic rings. The van der Waals surface area contributed by atoms with E-state index in [4.69, 9.17) is 0 Å². The lowest BCUT2D eigenvalue weighted by Crippen LogP contribution is -2.34. The largest absolute Gasteiger partial charge is 0.393 e. The van der Waals surface area contributed by atoms with Gasteiger partial charge in [-0.25, -0.2) is 0 Å². The van der Waals surface area contributed by atoms with Crippen LogP contribution >= 0.6 is 0 Å². The van der Waals surface area contributed by atoms with E-state index in [9.17, 15) is 18.0 Å². The van der Waals surface area contributed by atoms with Crippen LogP contribution < -0.4 is 5.32 Å². The van der Waals surface area contributed by atoms with E-state index in [1.807, 2.05) is 30.3 Å². The zero-order valence-corrected chi connectivity index (χ0v) is 14.3. The van der Waals surface area contributed by atoms with Gasteiger partial charge in [0.1, 0.15) is 5.82 Å². The van der Waals surface area contributed by atoms with Gasteiger partial charge in [-0.05, 0) is 25.0 Å². The highest BCUT2D eigenvalue weighted by Gasteiger charge is 2.42. The van der Waals surface area contributed by atoms with E-state index in [1.54, 1.807) is 13.0 Å². The van der Waals surface area contributed by atoms with Crippen molar-refractivity contribution in [2.45, 2.75) is 39.0 Å². The molecule has 2 heterocycles. The van der Waals surface area contributed by atoms with Gasteiger partial charge in [-0.3, -0.25) is 4.79 Å². The first-order valence-electron chi connectivity index (χ1n) is 8.34. The number of amides is 1. The molecule has 1 N–H and O–H groups in total. The Morgan fingerprint density at radius 1 is 1.31 bits per heavy atom. The van der Waals surface area contributed by atoms with Gasteiger partial charge < -0.3 is 9.88 Å². The number of hydrogen-bond acceptors (Lipinski definition) is 3. The van der Waals surface area contributed by atoms with Crippen molar-refractivity contribution in [1.29, 1.82) is 0 Å². The van der Waals surface area contributed by atoms with Crippen LogP contribution in [0.2, 0.25) is 0 Å². The number of halogens is 3. The topological polar surface area (TPSA) is 59.8 Å². The first-order valence-corrected chi connectivity index (χ1v) is 8.34. The Bertz CT molecular complexity index is 812. The third-order valence-corrected chi connectivity index (χ3v) is 4.43. The fourth-order valence-electron chi connectivity index (χ4n) is 2.94. The molecule has 2 aromatic rings. The smallest absolute Gasteiger partial charge is 0.345 e. The maximum absolute atomic E-state index is 13.0. The summed E-state index contributed by atoms with van der Waals surface area (Å²) in [6, 6.07) is 9.38. The van der Waals surface area contributed by atoms with Gasteiger partial charge in [0.15, 0.2) is 5.82 Å². The number of fused-ring (bicyclic) bond motifs is 1. The number of hydrogen-bond donors (Lipinski definition) is 1. The quantitative estimate of drug-likeness (QED) is 0.848.